The van der Waals surface area contributed by atoms with Crippen LogP contribution in [0.2, 0.25) is 0 Å². The summed E-state index contributed by atoms with van der Waals surface area (Å²) in [6.45, 7) is 3.34. The zero-order chi connectivity index (χ0) is 5.70. The molecule has 0 aliphatic carbocycles. The van der Waals surface area contributed by atoms with Crippen LogP contribution in [0.3, 0.4) is 0 Å². The van der Waals surface area contributed by atoms with E-state index < -0.39 is 8.03 Å². The van der Waals surface area contributed by atoms with Gasteiger partial charge in [0.1, 0.15) is 0 Å². The maximum atomic E-state index is 10.2. The van der Waals surface area contributed by atoms with Crippen LogP contribution in [-0.2, 0) is 9.19 Å². The largest absolute Gasteiger partial charge is 0.294 e. The van der Waals surface area contributed by atoms with Crippen LogP contribution in [0.25, 0.3) is 0 Å². The zero-order valence-electron chi connectivity index (χ0n) is 3.89. The van der Waals surface area contributed by atoms with E-state index in [0.29, 0.717) is 6.16 Å². The molecule has 42 valence electrons. The van der Waals surface area contributed by atoms with Crippen molar-refractivity contribution in [3.8, 4) is 0 Å². The van der Waals surface area contributed by atoms with E-state index in [4.69, 9.17) is 0 Å². The molecule has 1 atom stereocenters. The number of allylic oxidation sites excluding steroid dienone is 1. The first-order valence-corrected chi connectivity index (χ1v) is 3.34. The van der Waals surface area contributed by atoms with E-state index in [1.165, 1.54) is 6.08 Å². The number of nitrogens with two attached hydrogens (primary N) is 1. The molecule has 0 aliphatic rings. The van der Waals surface area contributed by atoms with Crippen LogP contribution < -0.4 is 5.90 Å². The minimum atomic E-state index is -1.97. The lowest BCUT2D eigenvalue weighted by molar-refractivity contribution is 0.347. The van der Waals surface area contributed by atoms with E-state index in [0.717, 1.165) is 0 Å². The molecular weight excluding hydrogens is 113 g/mol. The molecular formula is C3H8NO2P. The molecule has 0 rings (SSSR count). The van der Waals surface area contributed by atoms with Gasteiger partial charge in [-0.2, -0.15) is 0 Å². The van der Waals surface area contributed by atoms with Gasteiger partial charge in [-0.3, -0.25) is 4.57 Å². The second kappa shape index (κ2) is 4.06. The molecule has 0 heterocycles. The lowest BCUT2D eigenvalue weighted by Crippen LogP contribution is -1.88. The minimum absolute atomic E-state index is 0.362. The summed E-state index contributed by atoms with van der Waals surface area (Å²) in [4.78, 5) is 0. The van der Waals surface area contributed by atoms with Crippen LogP contribution in [0.1, 0.15) is 0 Å². The smallest absolute Gasteiger partial charge is 0.213 e. The number of rotatable bonds is 3. The molecule has 0 fully saturated rings. The Labute approximate surface area is 43.0 Å². The van der Waals surface area contributed by atoms with Gasteiger partial charge in [0, 0.05) is 6.16 Å². The Morgan fingerprint density at radius 1 is 2.00 bits per heavy atom. The summed E-state index contributed by atoms with van der Waals surface area (Å²) in [5, 5.41) is 0. The Morgan fingerprint density at radius 3 is 2.71 bits per heavy atom. The lowest BCUT2D eigenvalue weighted by atomic mass is 10.8. The molecule has 0 aromatic carbocycles. The van der Waals surface area contributed by atoms with E-state index in [2.05, 4.69) is 17.1 Å². The van der Waals surface area contributed by atoms with Gasteiger partial charge in [-0.05, 0) is 0 Å². The highest BCUT2D eigenvalue weighted by Gasteiger charge is 1.87. The lowest BCUT2D eigenvalue weighted by Gasteiger charge is -1.87. The predicted molar refractivity (Wildman–Crippen MR) is 29.3 cm³/mol. The first-order chi connectivity index (χ1) is 3.31. The molecule has 2 N–H and O–H groups in total. The molecule has 0 aromatic rings. The zero-order valence-corrected chi connectivity index (χ0v) is 4.89. The quantitative estimate of drug-likeness (QED) is 0.336. The van der Waals surface area contributed by atoms with E-state index >= 15 is 0 Å². The maximum Gasteiger partial charge on any atom is 0.213 e. The molecule has 0 aliphatic heterocycles. The number of hydrogen-bond acceptors (Lipinski definition) is 3. The Hall–Kier alpha value is -0.110. The Bertz CT molecular complexity index is 83.0. The van der Waals surface area contributed by atoms with E-state index in [9.17, 15) is 4.57 Å². The average molecular weight is 121 g/mol. The van der Waals surface area contributed by atoms with Gasteiger partial charge < -0.3 is 0 Å². The molecule has 1 unspecified atom stereocenters. The third kappa shape index (κ3) is 3.73. The van der Waals surface area contributed by atoms with Gasteiger partial charge in [0.15, 0.2) is 0 Å². The highest BCUT2D eigenvalue weighted by Crippen LogP contribution is 2.16. The summed E-state index contributed by atoms with van der Waals surface area (Å²) in [5.74, 6) is 4.54. The van der Waals surface area contributed by atoms with Crippen LogP contribution in [0.15, 0.2) is 12.7 Å². The summed E-state index contributed by atoms with van der Waals surface area (Å²) >= 11 is 0. The molecule has 0 aromatic heterocycles. The Kier molecular flexibility index (Phi) is 4.00. The van der Waals surface area contributed by atoms with Crippen molar-refractivity contribution in [1.82, 2.24) is 0 Å². The van der Waals surface area contributed by atoms with Crippen molar-refractivity contribution in [2.45, 2.75) is 0 Å². The van der Waals surface area contributed by atoms with Gasteiger partial charge in [0.05, 0.1) is 0 Å². The second-order valence-electron chi connectivity index (χ2n) is 0.983. The van der Waals surface area contributed by atoms with Crippen molar-refractivity contribution in [3.05, 3.63) is 12.7 Å². The fourth-order valence-corrected chi connectivity index (χ4v) is 0.498. The van der Waals surface area contributed by atoms with Gasteiger partial charge in [-0.1, -0.05) is 6.08 Å². The summed E-state index contributed by atoms with van der Waals surface area (Å²) in [6, 6.07) is 0. The predicted octanol–water partition coefficient (Wildman–Crippen LogP) is 0.537. The third-order valence-electron chi connectivity index (χ3n) is 0.442. The van der Waals surface area contributed by atoms with Crippen molar-refractivity contribution in [3.63, 3.8) is 0 Å². The van der Waals surface area contributed by atoms with Crippen molar-refractivity contribution < 1.29 is 9.19 Å². The van der Waals surface area contributed by atoms with Crippen molar-refractivity contribution in [2.75, 3.05) is 6.16 Å². The van der Waals surface area contributed by atoms with Crippen LogP contribution in [-0.4, -0.2) is 6.16 Å². The SMILES string of the molecule is C=CC[PH](=O)ON. The fourth-order valence-electron chi connectivity index (χ4n) is 0.166. The molecule has 3 nitrogen and oxygen atoms in total. The van der Waals surface area contributed by atoms with Crippen LogP contribution in [0.5, 0.6) is 0 Å². The third-order valence-corrected chi connectivity index (χ3v) is 1.33. The molecule has 0 saturated heterocycles. The fraction of sp³-hybridized carbons (Fsp3) is 0.333. The van der Waals surface area contributed by atoms with Gasteiger partial charge in [0.25, 0.3) is 0 Å². The second-order valence-corrected chi connectivity index (χ2v) is 2.37. The van der Waals surface area contributed by atoms with Crippen LogP contribution in [0.4, 0.5) is 0 Å². The summed E-state index contributed by atoms with van der Waals surface area (Å²) in [6.07, 6.45) is 1.87. The van der Waals surface area contributed by atoms with E-state index in [-0.39, 0.29) is 0 Å². The first-order valence-electron chi connectivity index (χ1n) is 1.81. The molecule has 7 heavy (non-hydrogen) atoms. The molecule has 0 saturated carbocycles. The monoisotopic (exact) mass is 121 g/mol. The van der Waals surface area contributed by atoms with Gasteiger partial charge in [0.2, 0.25) is 8.03 Å². The average Bonchev–Trinajstić information content (AvgIpc) is 1.68. The van der Waals surface area contributed by atoms with E-state index in [1.54, 1.807) is 0 Å². The highest BCUT2D eigenvalue weighted by molar-refractivity contribution is 7.39. The Morgan fingerprint density at radius 2 is 2.57 bits per heavy atom. The maximum absolute atomic E-state index is 10.2. The van der Waals surface area contributed by atoms with Crippen LogP contribution >= 0.6 is 8.03 Å². The molecule has 4 heteroatoms. The van der Waals surface area contributed by atoms with E-state index in [1.807, 2.05) is 0 Å². The minimum Gasteiger partial charge on any atom is -0.294 e. The topological polar surface area (TPSA) is 52.3 Å². The summed E-state index contributed by atoms with van der Waals surface area (Å²) in [5.41, 5.74) is 0. The van der Waals surface area contributed by atoms with Gasteiger partial charge in [-0.15, -0.1) is 6.58 Å². The molecule has 0 radical (unpaired) electrons. The summed E-state index contributed by atoms with van der Waals surface area (Å²) in [7, 11) is -1.97. The van der Waals surface area contributed by atoms with Gasteiger partial charge in [-0.25, -0.2) is 10.5 Å². The van der Waals surface area contributed by atoms with Gasteiger partial charge >= 0.3 is 0 Å². The molecule has 0 spiro atoms. The van der Waals surface area contributed by atoms with Crippen LogP contribution in [0, 0.1) is 0 Å². The number of hydrogen-bond donors (Lipinski definition) is 1. The standard InChI is InChI=1S/C3H8NO2P/c1-2-3-7(5)6-4/h2,7H,1,3-4H2. The first kappa shape index (κ1) is 6.89. The highest BCUT2D eigenvalue weighted by atomic mass is 31.1. The normalized spacial score (nSPS) is 13.3. The molecule has 0 bridgehead atoms. The van der Waals surface area contributed by atoms with Crippen molar-refractivity contribution in [2.24, 2.45) is 5.90 Å². The van der Waals surface area contributed by atoms with Crippen molar-refractivity contribution in [1.29, 1.82) is 0 Å². The van der Waals surface area contributed by atoms with Crippen molar-refractivity contribution >= 4 is 8.03 Å². The summed E-state index contributed by atoms with van der Waals surface area (Å²) < 4.78 is 14.1. The Balaban J connectivity index is 3.17. The molecule has 0 amide bonds.